The Hall–Kier alpha value is -2.11. The third-order valence-electron chi connectivity index (χ3n) is 3.15. The van der Waals surface area contributed by atoms with E-state index in [4.69, 9.17) is 17.3 Å². The van der Waals surface area contributed by atoms with E-state index in [9.17, 15) is 4.79 Å². The zero-order valence-corrected chi connectivity index (χ0v) is 12.8. The van der Waals surface area contributed by atoms with Crippen LogP contribution in [0.4, 0.5) is 11.4 Å². The van der Waals surface area contributed by atoms with E-state index in [-0.39, 0.29) is 5.91 Å². The van der Waals surface area contributed by atoms with E-state index in [1.54, 1.807) is 30.5 Å². The highest BCUT2D eigenvalue weighted by Crippen LogP contribution is 2.35. The van der Waals surface area contributed by atoms with Crippen molar-refractivity contribution in [3.8, 4) is 0 Å². The number of benzene rings is 1. The SMILES string of the molecule is Cc1ncccc1NC(=O)c1sc2ccc(Cl)cc2c1N. The molecule has 0 spiro atoms. The molecule has 0 radical (unpaired) electrons. The van der Waals surface area contributed by atoms with Gasteiger partial charge < -0.3 is 11.1 Å². The molecule has 0 saturated carbocycles. The van der Waals surface area contributed by atoms with Crippen LogP contribution in [0.1, 0.15) is 15.4 Å². The maximum absolute atomic E-state index is 12.4. The molecule has 0 aliphatic carbocycles. The summed E-state index contributed by atoms with van der Waals surface area (Å²) in [6, 6.07) is 9.00. The summed E-state index contributed by atoms with van der Waals surface area (Å²) < 4.78 is 0.935. The molecule has 3 rings (SSSR count). The van der Waals surface area contributed by atoms with Gasteiger partial charge in [0, 0.05) is 21.3 Å². The molecule has 0 aliphatic heterocycles. The quantitative estimate of drug-likeness (QED) is 0.748. The van der Waals surface area contributed by atoms with E-state index in [1.807, 2.05) is 13.0 Å². The zero-order valence-electron chi connectivity index (χ0n) is 11.2. The molecule has 0 atom stereocenters. The topological polar surface area (TPSA) is 68.0 Å². The Morgan fingerprint density at radius 1 is 1.38 bits per heavy atom. The van der Waals surface area contributed by atoms with Crippen LogP contribution in [0.15, 0.2) is 36.5 Å². The summed E-state index contributed by atoms with van der Waals surface area (Å²) in [6.07, 6.45) is 1.68. The van der Waals surface area contributed by atoms with Gasteiger partial charge in [-0.2, -0.15) is 0 Å². The van der Waals surface area contributed by atoms with Crippen LogP contribution in [0.25, 0.3) is 10.1 Å². The van der Waals surface area contributed by atoms with Crippen LogP contribution in [-0.2, 0) is 0 Å². The minimum atomic E-state index is -0.235. The highest BCUT2D eigenvalue weighted by Gasteiger charge is 2.17. The Kier molecular flexibility index (Phi) is 3.53. The first-order chi connectivity index (χ1) is 10.1. The summed E-state index contributed by atoms with van der Waals surface area (Å²) >= 11 is 7.32. The summed E-state index contributed by atoms with van der Waals surface area (Å²) in [4.78, 5) is 17.0. The molecule has 0 fully saturated rings. The van der Waals surface area contributed by atoms with Crippen molar-refractivity contribution in [1.29, 1.82) is 0 Å². The van der Waals surface area contributed by atoms with Crippen LogP contribution in [0.2, 0.25) is 5.02 Å². The number of carbonyl (C=O) groups excluding carboxylic acids is 1. The average molecular weight is 318 g/mol. The average Bonchev–Trinajstić information content (AvgIpc) is 2.79. The number of thiophene rings is 1. The normalized spacial score (nSPS) is 10.8. The number of rotatable bonds is 2. The Bertz CT molecular complexity index is 844. The van der Waals surface area contributed by atoms with Crippen molar-refractivity contribution in [2.24, 2.45) is 0 Å². The number of nitrogens with two attached hydrogens (primary N) is 1. The van der Waals surface area contributed by atoms with Gasteiger partial charge in [-0.15, -0.1) is 11.3 Å². The van der Waals surface area contributed by atoms with Crippen molar-refractivity contribution in [2.45, 2.75) is 6.92 Å². The largest absolute Gasteiger partial charge is 0.397 e. The van der Waals surface area contributed by atoms with Gasteiger partial charge in [-0.3, -0.25) is 9.78 Å². The van der Waals surface area contributed by atoms with Crippen molar-refractivity contribution in [2.75, 3.05) is 11.1 Å². The summed E-state index contributed by atoms with van der Waals surface area (Å²) in [7, 11) is 0. The van der Waals surface area contributed by atoms with Gasteiger partial charge in [0.05, 0.1) is 17.1 Å². The first-order valence-corrected chi connectivity index (χ1v) is 7.46. The lowest BCUT2D eigenvalue weighted by Gasteiger charge is -2.06. The monoisotopic (exact) mass is 317 g/mol. The molecule has 2 aromatic heterocycles. The number of aryl methyl sites for hydroxylation is 1. The number of nitrogens with zero attached hydrogens (tertiary/aromatic N) is 1. The van der Waals surface area contributed by atoms with Gasteiger partial charge in [0.2, 0.25) is 0 Å². The first-order valence-electron chi connectivity index (χ1n) is 6.27. The number of aromatic nitrogens is 1. The van der Waals surface area contributed by atoms with Crippen molar-refractivity contribution in [3.05, 3.63) is 52.1 Å². The molecule has 0 saturated heterocycles. The number of anilines is 2. The molecule has 0 unspecified atom stereocenters. The van der Waals surface area contributed by atoms with Crippen molar-refractivity contribution >= 4 is 50.3 Å². The number of hydrogen-bond donors (Lipinski definition) is 2. The highest BCUT2D eigenvalue weighted by molar-refractivity contribution is 7.21. The molecule has 1 amide bonds. The number of fused-ring (bicyclic) bond motifs is 1. The second kappa shape index (κ2) is 5.35. The Morgan fingerprint density at radius 3 is 2.95 bits per heavy atom. The molecule has 21 heavy (non-hydrogen) atoms. The van der Waals surface area contributed by atoms with Gasteiger partial charge in [0.1, 0.15) is 4.88 Å². The van der Waals surface area contributed by atoms with Crippen molar-refractivity contribution in [3.63, 3.8) is 0 Å². The number of nitrogens with one attached hydrogen (secondary N) is 1. The minimum Gasteiger partial charge on any atom is -0.397 e. The van der Waals surface area contributed by atoms with E-state index >= 15 is 0 Å². The molecule has 106 valence electrons. The third kappa shape index (κ3) is 2.57. The van der Waals surface area contributed by atoms with Crippen LogP contribution in [-0.4, -0.2) is 10.9 Å². The van der Waals surface area contributed by atoms with E-state index in [0.717, 1.165) is 15.8 Å². The van der Waals surface area contributed by atoms with E-state index in [1.165, 1.54) is 11.3 Å². The molecule has 2 heterocycles. The highest BCUT2D eigenvalue weighted by atomic mass is 35.5. The lowest BCUT2D eigenvalue weighted by Crippen LogP contribution is -2.13. The van der Waals surface area contributed by atoms with Crippen LogP contribution in [0.5, 0.6) is 0 Å². The number of halogens is 1. The van der Waals surface area contributed by atoms with Crippen LogP contribution in [0, 0.1) is 6.92 Å². The summed E-state index contributed by atoms with van der Waals surface area (Å²) in [6.45, 7) is 1.84. The molecule has 3 aromatic rings. The second-order valence-corrected chi connectivity index (χ2v) is 6.06. The number of nitrogen functional groups attached to an aromatic ring is 1. The van der Waals surface area contributed by atoms with Gasteiger partial charge in [-0.05, 0) is 37.3 Å². The Balaban J connectivity index is 1.99. The molecule has 1 aromatic carbocycles. The zero-order chi connectivity index (χ0) is 15.0. The van der Waals surface area contributed by atoms with E-state index in [0.29, 0.717) is 21.3 Å². The molecule has 3 N–H and O–H groups in total. The fourth-order valence-electron chi connectivity index (χ4n) is 2.05. The minimum absolute atomic E-state index is 0.235. The summed E-state index contributed by atoms with van der Waals surface area (Å²) in [5.41, 5.74) is 7.97. The van der Waals surface area contributed by atoms with Crippen molar-refractivity contribution < 1.29 is 4.79 Å². The molecule has 4 nitrogen and oxygen atoms in total. The van der Waals surface area contributed by atoms with Crippen molar-refractivity contribution in [1.82, 2.24) is 4.98 Å². The molecule has 0 bridgehead atoms. The Labute approximate surface area is 130 Å². The lowest BCUT2D eigenvalue weighted by molar-refractivity contribution is 0.103. The van der Waals surface area contributed by atoms with Crippen LogP contribution >= 0.6 is 22.9 Å². The second-order valence-electron chi connectivity index (χ2n) is 4.58. The number of pyridine rings is 1. The molecular formula is C15H12ClN3OS. The maximum Gasteiger partial charge on any atom is 0.267 e. The smallest absolute Gasteiger partial charge is 0.267 e. The number of amides is 1. The fourth-order valence-corrected chi connectivity index (χ4v) is 3.22. The van der Waals surface area contributed by atoms with Crippen LogP contribution in [0.3, 0.4) is 0 Å². The third-order valence-corrected chi connectivity index (χ3v) is 4.57. The predicted molar refractivity (Wildman–Crippen MR) is 88.2 cm³/mol. The number of hydrogen-bond acceptors (Lipinski definition) is 4. The van der Waals surface area contributed by atoms with Crippen LogP contribution < -0.4 is 11.1 Å². The number of carbonyl (C=O) groups is 1. The Morgan fingerprint density at radius 2 is 2.19 bits per heavy atom. The van der Waals surface area contributed by atoms with Gasteiger partial charge in [-0.1, -0.05) is 11.6 Å². The maximum atomic E-state index is 12.4. The van der Waals surface area contributed by atoms with Gasteiger partial charge in [0.25, 0.3) is 5.91 Å². The summed E-state index contributed by atoms with van der Waals surface area (Å²) in [5, 5.41) is 4.24. The first kappa shape index (κ1) is 13.9. The van der Waals surface area contributed by atoms with Gasteiger partial charge >= 0.3 is 0 Å². The molecule has 0 aliphatic rings. The lowest BCUT2D eigenvalue weighted by atomic mass is 10.2. The fraction of sp³-hybridized carbons (Fsp3) is 0.0667. The standard InChI is InChI=1S/C15H12ClN3OS/c1-8-11(3-2-6-18-8)19-15(20)14-13(17)10-7-9(16)4-5-12(10)21-14/h2-7H,17H2,1H3,(H,19,20). The van der Waals surface area contributed by atoms with E-state index < -0.39 is 0 Å². The summed E-state index contributed by atoms with van der Waals surface area (Å²) in [5.74, 6) is -0.235. The van der Waals surface area contributed by atoms with Gasteiger partial charge in [0.15, 0.2) is 0 Å². The molecular weight excluding hydrogens is 306 g/mol. The predicted octanol–water partition coefficient (Wildman–Crippen LogP) is 4.09. The molecule has 6 heteroatoms. The van der Waals surface area contributed by atoms with E-state index in [2.05, 4.69) is 10.3 Å². The van der Waals surface area contributed by atoms with Gasteiger partial charge in [-0.25, -0.2) is 0 Å².